The predicted octanol–water partition coefficient (Wildman–Crippen LogP) is 3.25. The number of nitrogen functional groups attached to an aromatic ring is 1. The van der Waals surface area contributed by atoms with E-state index in [4.69, 9.17) is 11.5 Å². The Morgan fingerprint density at radius 1 is 1.11 bits per heavy atom. The lowest BCUT2D eigenvalue weighted by Crippen LogP contribution is -2.39. The molecule has 144 valence electrons. The van der Waals surface area contributed by atoms with Gasteiger partial charge in [0.25, 0.3) is 0 Å². The van der Waals surface area contributed by atoms with Gasteiger partial charge >= 0.3 is 0 Å². The summed E-state index contributed by atoms with van der Waals surface area (Å²) in [6.45, 7) is 1.55. The molecule has 0 fully saturated rings. The van der Waals surface area contributed by atoms with Crippen LogP contribution in [-0.2, 0) is 4.79 Å². The van der Waals surface area contributed by atoms with Crippen LogP contribution in [0.4, 0.5) is 25.4 Å². The second-order valence-electron chi connectivity index (χ2n) is 5.98. The second-order valence-corrected chi connectivity index (χ2v) is 6.95. The van der Waals surface area contributed by atoms with Crippen LogP contribution in [0.25, 0.3) is 0 Å². The molecule has 0 unspecified atom stereocenters. The molecule has 1 atom stereocenters. The van der Waals surface area contributed by atoms with Gasteiger partial charge < -0.3 is 16.4 Å². The molecule has 1 amide bonds. The number of anilines is 3. The van der Waals surface area contributed by atoms with Gasteiger partial charge in [0, 0.05) is 11.3 Å². The van der Waals surface area contributed by atoms with Crippen molar-refractivity contribution in [3.8, 4) is 0 Å². The number of nitrogens with zero attached hydrogens (tertiary/aromatic N) is 2. The molecule has 0 bridgehead atoms. The van der Waals surface area contributed by atoms with Crippen LogP contribution in [0.2, 0.25) is 0 Å². The van der Waals surface area contributed by atoms with Gasteiger partial charge in [-0.1, -0.05) is 23.5 Å². The van der Waals surface area contributed by atoms with Gasteiger partial charge in [-0.15, -0.1) is 0 Å². The molecule has 0 saturated heterocycles. The number of halogens is 2. The third-order valence-corrected chi connectivity index (χ3v) is 5.11. The molecule has 3 rings (SSSR count). The molecule has 0 aliphatic heterocycles. The summed E-state index contributed by atoms with van der Waals surface area (Å²) in [6.07, 6.45) is 0. The number of amides is 1. The minimum absolute atomic E-state index is 0.0574. The lowest BCUT2D eigenvalue weighted by molar-refractivity contribution is -0.118. The van der Waals surface area contributed by atoms with Crippen molar-refractivity contribution in [2.45, 2.75) is 13.0 Å². The molecule has 28 heavy (non-hydrogen) atoms. The summed E-state index contributed by atoms with van der Waals surface area (Å²) in [6, 6.07) is 9.74. The normalized spacial score (nSPS) is 11.8. The number of thiazole rings is 1. The number of hydrogen-bond donors (Lipinski definition) is 2. The molecule has 0 radical (unpaired) electrons. The zero-order chi connectivity index (χ0) is 20.4. The van der Waals surface area contributed by atoms with E-state index < -0.39 is 29.4 Å². The van der Waals surface area contributed by atoms with Crippen molar-refractivity contribution in [2.24, 2.45) is 5.73 Å². The van der Waals surface area contributed by atoms with E-state index in [1.54, 1.807) is 6.92 Å². The van der Waals surface area contributed by atoms with Crippen molar-refractivity contribution >= 4 is 39.7 Å². The standard InChI is InChI=1S/C19H16F2N4O2S/c1-10(18(23)27)25(14-7-5-12(20)6-8-14)19-24-17(22)16(28-19)15(26)11-3-2-4-13(21)9-11/h2-10H,22H2,1H3,(H2,23,27)/t10-/m1/s1. The second kappa shape index (κ2) is 7.73. The average Bonchev–Trinajstić information content (AvgIpc) is 3.04. The molecule has 2 aromatic carbocycles. The third kappa shape index (κ3) is 3.84. The van der Waals surface area contributed by atoms with E-state index in [-0.39, 0.29) is 21.4 Å². The number of benzene rings is 2. The first-order valence-corrected chi connectivity index (χ1v) is 9.00. The predicted molar refractivity (Wildman–Crippen MR) is 104 cm³/mol. The first-order chi connectivity index (χ1) is 13.3. The molecule has 9 heteroatoms. The number of primary amides is 1. The summed E-state index contributed by atoms with van der Waals surface area (Å²) in [5.41, 5.74) is 11.9. The molecule has 3 aromatic rings. The fourth-order valence-electron chi connectivity index (χ4n) is 2.58. The lowest BCUT2D eigenvalue weighted by atomic mass is 10.1. The summed E-state index contributed by atoms with van der Waals surface area (Å²) >= 11 is 0.937. The summed E-state index contributed by atoms with van der Waals surface area (Å²) in [5, 5.41) is 0.232. The number of carbonyl (C=O) groups excluding carboxylic acids is 2. The Labute approximate surface area is 163 Å². The smallest absolute Gasteiger partial charge is 0.240 e. The molecule has 4 N–H and O–H groups in total. The van der Waals surface area contributed by atoms with Gasteiger partial charge in [0.05, 0.1) is 0 Å². The Morgan fingerprint density at radius 2 is 1.79 bits per heavy atom. The van der Waals surface area contributed by atoms with Crippen LogP contribution in [0.5, 0.6) is 0 Å². The first-order valence-electron chi connectivity index (χ1n) is 8.18. The third-order valence-electron chi connectivity index (χ3n) is 4.05. The number of carbonyl (C=O) groups is 2. The molecule has 0 spiro atoms. The topological polar surface area (TPSA) is 102 Å². The van der Waals surface area contributed by atoms with Gasteiger partial charge in [0.1, 0.15) is 28.4 Å². The van der Waals surface area contributed by atoms with Gasteiger partial charge in [-0.05, 0) is 43.3 Å². The van der Waals surface area contributed by atoms with Crippen LogP contribution < -0.4 is 16.4 Å². The van der Waals surface area contributed by atoms with Crippen LogP contribution in [0.3, 0.4) is 0 Å². The van der Waals surface area contributed by atoms with Gasteiger partial charge in [0.15, 0.2) is 5.13 Å². The van der Waals surface area contributed by atoms with Crippen molar-refractivity contribution in [1.82, 2.24) is 4.98 Å². The fraction of sp³-hybridized carbons (Fsp3) is 0.105. The number of aromatic nitrogens is 1. The zero-order valence-electron chi connectivity index (χ0n) is 14.7. The number of ketones is 1. The van der Waals surface area contributed by atoms with E-state index in [1.165, 1.54) is 47.4 Å². The highest BCUT2D eigenvalue weighted by Crippen LogP contribution is 2.36. The van der Waals surface area contributed by atoms with Crippen LogP contribution in [0, 0.1) is 11.6 Å². The molecule has 6 nitrogen and oxygen atoms in total. The van der Waals surface area contributed by atoms with Crippen molar-refractivity contribution in [2.75, 3.05) is 10.6 Å². The van der Waals surface area contributed by atoms with Crippen LogP contribution >= 0.6 is 11.3 Å². The Balaban J connectivity index is 2.05. The van der Waals surface area contributed by atoms with Gasteiger partial charge in [-0.25, -0.2) is 13.8 Å². The van der Waals surface area contributed by atoms with E-state index >= 15 is 0 Å². The molecular weight excluding hydrogens is 386 g/mol. The number of hydrogen-bond acceptors (Lipinski definition) is 6. The number of rotatable bonds is 6. The van der Waals surface area contributed by atoms with E-state index in [2.05, 4.69) is 4.98 Å². The highest BCUT2D eigenvalue weighted by molar-refractivity contribution is 7.18. The monoisotopic (exact) mass is 402 g/mol. The van der Waals surface area contributed by atoms with Gasteiger partial charge in [0.2, 0.25) is 11.7 Å². The Kier molecular flexibility index (Phi) is 5.36. The maximum Gasteiger partial charge on any atom is 0.240 e. The maximum atomic E-state index is 13.4. The molecule has 1 aromatic heterocycles. The van der Waals surface area contributed by atoms with E-state index in [9.17, 15) is 18.4 Å². The highest BCUT2D eigenvalue weighted by atomic mass is 32.1. The van der Waals surface area contributed by atoms with Crippen molar-refractivity contribution in [1.29, 1.82) is 0 Å². The van der Waals surface area contributed by atoms with Crippen LogP contribution in [0.15, 0.2) is 48.5 Å². The highest BCUT2D eigenvalue weighted by Gasteiger charge is 2.27. The van der Waals surface area contributed by atoms with Crippen molar-refractivity contribution < 1.29 is 18.4 Å². The molecule has 0 aliphatic rings. The van der Waals surface area contributed by atoms with Gasteiger partial charge in [-0.3, -0.25) is 9.59 Å². The van der Waals surface area contributed by atoms with E-state index in [1.807, 2.05) is 0 Å². The molecule has 1 heterocycles. The van der Waals surface area contributed by atoms with Crippen molar-refractivity contribution in [3.63, 3.8) is 0 Å². The fourth-order valence-corrected chi connectivity index (χ4v) is 3.62. The summed E-state index contributed by atoms with van der Waals surface area (Å²) in [4.78, 5) is 30.2. The number of nitrogens with two attached hydrogens (primary N) is 2. The average molecular weight is 402 g/mol. The van der Waals surface area contributed by atoms with Gasteiger partial charge in [-0.2, -0.15) is 0 Å². The minimum Gasteiger partial charge on any atom is -0.382 e. The minimum atomic E-state index is -0.840. The first kappa shape index (κ1) is 19.4. The van der Waals surface area contributed by atoms with E-state index in [0.717, 1.165) is 17.4 Å². The lowest BCUT2D eigenvalue weighted by Gasteiger charge is -2.26. The van der Waals surface area contributed by atoms with Crippen LogP contribution in [0.1, 0.15) is 22.2 Å². The quantitative estimate of drug-likeness (QED) is 0.616. The summed E-state index contributed by atoms with van der Waals surface area (Å²) in [7, 11) is 0. The SMILES string of the molecule is C[C@H](C(N)=O)N(c1ccc(F)cc1)c1nc(N)c(C(=O)c2cccc(F)c2)s1. The maximum absolute atomic E-state index is 13.4. The molecular formula is C19H16F2N4O2S. The Morgan fingerprint density at radius 3 is 2.39 bits per heavy atom. The summed E-state index contributed by atoms with van der Waals surface area (Å²) < 4.78 is 26.7. The Hall–Kier alpha value is -3.33. The van der Waals surface area contributed by atoms with Crippen LogP contribution in [-0.4, -0.2) is 22.7 Å². The summed E-state index contributed by atoms with van der Waals surface area (Å²) in [5.74, 6) is -2.19. The van der Waals surface area contributed by atoms with Crippen molar-refractivity contribution in [3.05, 3.63) is 70.6 Å². The molecule has 0 aliphatic carbocycles. The molecule has 0 saturated carbocycles. The Bertz CT molecular complexity index is 1040. The largest absolute Gasteiger partial charge is 0.382 e. The van der Waals surface area contributed by atoms with E-state index in [0.29, 0.717) is 5.69 Å². The zero-order valence-corrected chi connectivity index (χ0v) is 15.5.